The number of rotatable bonds is 3. The monoisotopic (exact) mass is 306 g/mol. The molecule has 2 bridgehead atoms. The molecule has 5 heteroatoms. The smallest absolute Gasteiger partial charge is 0.338 e. The minimum Gasteiger partial charge on any atom is -0.504 e. The number of benzene rings is 1. The topological polar surface area (TPSA) is 87.0 Å². The Hall–Kier alpha value is -1.91. The zero-order valence-electron chi connectivity index (χ0n) is 12.9. The summed E-state index contributed by atoms with van der Waals surface area (Å²) < 4.78 is 5.36. The van der Waals surface area contributed by atoms with E-state index in [4.69, 9.17) is 4.74 Å². The van der Waals surface area contributed by atoms with Gasteiger partial charge in [0.1, 0.15) is 0 Å². The van der Waals surface area contributed by atoms with Crippen molar-refractivity contribution in [2.45, 2.75) is 33.1 Å². The van der Waals surface area contributed by atoms with Crippen LogP contribution in [0.5, 0.6) is 17.2 Å². The number of fused-ring (bicyclic) bond motifs is 2. The summed E-state index contributed by atoms with van der Waals surface area (Å²) in [7, 11) is 0. The third kappa shape index (κ3) is 2.28. The third-order valence-corrected chi connectivity index (χ3v) is 5.74. The summed E-state index contributed by atoms with van der Waals surface area (Å²) in [6, 6.07) is 2.20. The minimum atomic E-state index is -0.633. The molecule has 3 aliphatic rings. The molecule has 3 N–H and O–H groups in total. The van der Waals surface area contributed by atoms with Gasteiger partial charge in [0.25, 0.3) is 0 Å². The van der Waals surface area contributed by atoms with Gasteiger partial charge in [0.05, 0.1) is 12.2 Å². The molecule has 0 aromatic heterocycles. The van der Waals surface area contributed by atoms with E-state index in [1.54, 1.807) is 0 Å². The lowest BCUT2D eigenvalue weighted by atomic mass is 9.46. The average Bonchev–Trinajstić information content (AvgIpc) is 2.49. The molecule has 0 amide bonds. The van der Waals surface area contributed by atoms with Gasteiger partial charge in [0.15, 0.2) is 17.2 Å². The lowest BCUT2D eigenvalue weighted by Crippen LogP contribution is -2.53. The first-order valence-corrected chi connectivity index (χ1v) is 7.72. The van der Waals surface area contributed by atoms with Crippen molar-refractivity contribution < 1.29 is 24.9 Å². The SMILES string of the molecule is CC1(C)[C@H]2CCC(COC(=O)c3cc(O)c(O)c(O)c3)[C@@H]1C2. The average molecular weight is 306 g/mol. The summed E-state index contributed by atoms with van der Waals surface area (Å²) in [4.78, 5) is 12.1. The second-order valence-electron chi connectivity index (χ2n) is 7.16. The Morgan fingerprint density at radius 1 is 1.23 bits per heavy atom. The maximum atomic E-state index is 12.1. The maximum absolute atomic E-state index is 12.1. The highest BCUT2D eigenvalue weighted by atomic mass is 16.5. The Morgan fingerprint density at radius 3 is 2.41 bits per heavy atom. The Balaban J connectivity index is 1.63. The van der Waals surface area contributed by atoms with E-state index in [-0.39, 0.29) is 5.56 Å². The highest BCUT2D eigenvalue weighted by Crippen LogP contribution is 2.61. The number of carbonyl (C=O) groups is 1. The van der Waals surface area contributed by atoms with Gasteiger partial charge in [-0.2, -0.15) is 0 Å². The zero-order valence-corrected chi connectivity index (χ0v) is 12.9. The van der Waals surface area contributed by atoms with Gasteiger partial charge in [-0.25, -0.2) is 4.79 Å². The van der Waals surface area contributed by atoms with Gasteiger partial charge < -0.3 is 20.1 Å². The van der Waals surface area contributed by atoms with Crippen LogP contribution in [0.2, 0.25) is 0 Å². The molecule has 0 spiro atoms. The number of hydrogen-bond donors (Lipinski definition) is 3. The highest BCUT2D eigenvalue weighted by molar-refractivity contribution is 5.91. The van der Waals surface area contributed by atoms with E-state index in [0.717, 1.165) is 24.5 Å². The second kappa shape index (κ2) is 5.07. The van der Waals surface area contributed by atoms with Crippen molar-refractivity contribution >= 4 is 5.97 Å². The lowest BCUT2D eigenvalue weighted by molar-refractivity contribution is -0.118. The fourth-order valence-electron chi connectivity index (χ4n) is 4.15. The van der Waals surface area contributed by atoms with Gasteiger partial charge in [-0.15, -0.1) is 0 Å². The standard InChI is InChI=1S/C17H22O5/c1-17(2)11-4-3-9(12(17)7-11)8-22-16(21)10-5-13(18)15(20)14(19)6-10/h5-6,9,11-12,18-20H,3-4,7-8H2,1-2H3/t9?,11-,12-/m0/s1. The zero-order chi connectivity index (χ0) is 16.1. The van der Waals surface area contributed by atoms with Crippen LogP contribution in [-0.4, -0.2) is 27.9 Å². The van der Waals surface area contributed by atoms with Crippen LogP contribution in [0.25, 0.3) is 0 Å². The first-order chi connectivity index (χ1) is 10.3. The Labute approximate surface area is 129 Å². The molecule has 0 saturated heterocycles. The van der Waals surface area contributed by atoms with Gasteiger partial charge in [0.2, 0.25) is 0 Å². The molecule has 0 aliphatic heterocycles. The molecule has 22 heavy (non-hydrogen) atoms. The largest absolute Gasteiger partial charge is 0.504 e. The molecular formula is C17H22O5. The van der Waals surface area contributed by atoms with Crippen LogP contribution in [0.4, 0.5) is 0 Å². The van der Waals surface area contributed by atoms with Crippen molar-refractivity contribution in [1.29, 1.82) is 0 Å². The van der Waals surface area contributed by atoms with Crippen molar-refractivity contribution in [2.24, 2.45) is 23.2 Å². The molecule has 120 valence electrons. The van der Waals surface area contributed by atoms with Crippen LogP contribution in [0, 0.1) is 23.2 Å². The summed E-state index contributed by atoms with van der Waals surface area (Å²) in [6.07, 6.45) is 3.49. The van der Waals surface area contributed by atoms with Crippen LogP contribution in [0.1, 0.15) is 43.5 Å². The molecule has 1 aromatic rings. The third-order valence-electron chi connectivity index (χ3n) is 5.74. The molecule has 3 atom stereocenters. The molecule has 0 heterocycles. The summed E-state index contributed by atoms with van der Waals surface area (Å²) in [5, 5.41) is 28.2. The first-order valence-electron chi connectivity index (χ1n) is 7.72. The van der Waals surface area contributed by atoms with E-state index in [1.165, 1.54) is 12.8 Å². The van der Waals surface area contributed by atoms with Gasteiger partial charge in [-0.1, -0.05) is 13.8 Å². The number of phenolic OH excluding ortho intramolecular Hbond substituents is 3. The number of aromatic hydroxyl groups is 3. The molecule has 1 aromatic carbocycles. The normalized spacial score (nSPS) is 28.7. The fourth-order valence-corrected chi connectivity index (χ4v) is 4.15. The van der Waals surface area contributed by atoms with Crippen molar-refractivity contribution in [3.63, 3.8) is 0 Å². The van der Waals surface area contributed by atoms with Crippen molar-refractivity contribution in [1.82, 2.24) is 0 Å². The molecule has 5 nitrogen and oxygen atoms in total. The summed E-state index contributed by atoms with van der Waals surface area (Å²) in [5.41, 5.74) is 0.374. The van der Waals surface area contributed by atoms with Crippen molar-refractivity contribution in [3.05, 3.63) is 17.7 Å². The molecular weight excluding hydrogens is 284 g/mol. The van der Waals surface area contributed by atoms with E-state index in [9.17, 15) is 20.1 Å². The van der Waals surface area contributed by atoms with E-state index in [2.05, 4.69) is 13.8 Å². The predicted molar refractivity (Wildman–Crippen MR) is 79.8 cm³/mol. The van der Waals surface area contributed by atoms with Crippen LogP contribution < -0.4 is 0 Å². The second-order valence-corrected chi connectivity index (χ2v) is 7.16. The maximum Gasteiger partial charge on any atom is 0.338 e. The summed E-state index contributed by atoms with van der Waals surface area (Å²) in [5.74, 6) is -0.518. The number of hydrogen-bond acceptors (Lipinski definition) is 5. The molecule has 4 rings (SSSR count). The van der Waals surface area contributed by atoms with Crippen LogP contribution in [0.15, 0.2) is 12.1 Å². The number of phenols is 3. The van der Waals surface area contributed by atoms with E-state index in [0.29, 0.717) is 23.9 Å². The van der Waals surface area contributed by atoms with E-state index < -0.39 is 23.2 Å². The van der Waals surface area contributed by atoms with Gasteiger partial charge in [0, 0.05) is 0 Å². The Kier molecular flexibility index (Phi) is 3.46. The first kappa shape index (κ1) is 15.0. The fraction of sp³-hybridized carbons (Fsp3) is 0.588. The molecule has 1 unspecified atom stereocenters. The number of ether oxygens (including phenoxy) is 1. The molecule has 3 saturated carbocycles. The highest BCUT2D eigenvalue weighted by Gasteiger charge is 2.54. The van der Waals surface area contributed by atoms with Gasteiger partial charge in [-0.05, 0) is 54.6 Å². The van der Waals surface area contributed by atoms with Gasteiger partial charge >= 0.3 is 5.97 Å². The Bertz CT molecular complexity index is 582. The minimum absolute atomic E-state index is 0.0364. The van der Waals surface area contributed by atoms with Crippen molar-refractivity contribution in [3.8, 4) is 17.2 Å². The number of esters is 1. The summed E-state index contributed by atoms with van der Waals surface area (Å²) >= 11 is 0. The summed E-state index contributed by atoms with van der Waals surface area (Å²) in [6.45, 7) is 4.94. The van der Waals surface area contributed by atoms with E-state index >= 15 is 0 Å². The lowest BCUT2D eigenvalue weighted by Gasteiger charge is -2.60. The quantitative estimate of drug-likeness (QED) is 0.590. The van der Waals surface area contributed by atoms with Crippen molar-refractivity contribution in [2.75, 3.05) is 6.61 Å². The predicted octanol–water partition coefficient (Wildman–Crippen LogP) is 3.03. The molecule has 3 fully saturated rings. The van der Waals surface area contributed by atoms with Gasteiger partial charge in [-0.3, -0.25) is 0 Å². The molecule has 0 radical (unpaired) electrons. The van der Waals surface area contributed by atoms with Crippen LogP contribution in [-0.2, 0) is 4.74 Å². The van der Waals surface area contributed by atoms with Crippen LogP contribution >= 0.6 is 0 Å². The number of carbonyl (C=O) groups excluding carboxylic acids is 1. The van der Waals surface area contributed by atoms with E-state index in [1.807, 2.05) is 0 Å². The molecule has 3 aliphatic carbocycles. The Morgan fingerprint density at radius 2 is 1.86 bits per heavy atom. The van der Waals surface area contributed by atoms with Crippen LogP contribution in [0.3, 0.4) is 0 Å².